The van der Waals surface area contributed by atoms with E-state index in [-0.39, 0.29) is 0 Å². The molecule has 0 radical (unpaired) electrons. The van der Waals surface area contributed by atoms with Gasteiger partial charge >= 0.3 is 5.97 Å². The average Bonchev–Trinajstić information content (AvgIpc) is 2.55. The lowest BCUT2D eigenvalue weighted by Gasteiger charge is -2.27. The molecule has 0 spiro atoms. The van der Waals surface area contributed by atoms with Crippen molar-refractivity contribution in [2.24, 2.45) is 0 Å². The van der Waals surface area contributed by atoms with Crippen molar-refractivity contribution in [2.45, 2.75) is 31.7 Å². The molecule has 1 fully saturated rings. The molecule has 0 bridgehead atoms. The quantitative estimate of drug-likeness (QED) is 0.815. The van der Waals surface area contributed by atoms with Crippen molar-refractivity contribution >= 4 is 11.8 Å². The number of carboxylic acids is 1. The molecule has 5 nitrogen and oxygen atoms in total. The molecule has 1 saturated heterocycles. The second-order valence-corrected chi connectivity index (χ2v) is 3.96. The molecule has 2 rings (SSSR count). The van der Waals surface area contributed by atoms with Gasteiger partial charge in [-0.2, -0.15) is 0 Å². The Kier molecular flexibility index (Phi) is 3.34. The maximum atomic E-state index is 11.2. The average molecular weight is 221 g/mol. The van der Waals surface area contributed by atoms with E-state index in [1.165, 1.54) is 0 Å². The van der Waals surface area contributed by atoms with Crippen LogP contribution in [-0.2, 0) is 4.79 Å². The van der Waals surface area contributed by atoms with Crippen LogP contribution in [0.5, 0.6) is 0 Å². The fourth-order valence-electron chi connectivity index (χ4n) is 2.08. The summed E-state index contributed by atoms with van der Waals surface area (Å²) in [6, 6.07) is -0.459. The van der Waals surface area contributed by atoms with Crippen molar-refractivity contribution < 1.29 is 9.90 Å². The molecule has 5 heteroatoms. The predicted octanol–water partition coefficient (Wildman–Crippen LogP) is 1.31. The molecular weight excluding hydrogens is 206 g/mol. The normalized spacial score (nSPS) is 21.5. The summed E-state index contributed by atoms with van der Waals surface area (Å²) >= 11 is 0. The van der Waals surface area contributed by atoms with Crippen molar-refractivity contribution in [1.82, 2.24) is 9.97 Å². The Morgan fingerprint density at radius 2 is 2.25 bits per heavy atom. The van der Waals surface area contributed by atoms with E-state index in [1.54, 1.807) is 18.6 Å². The number of anilines is 1. The highest BCUT2D eigenvalue weighted by Crippen LogP contribution is 2.21. The smallest absolute Gasteiger partial charge is 0.326 e. The van der Waals surface area contributed by atoms with Gasteiger partial charge in [-0.3, -0.25) is 4.98 Å². The summed E-state index contributed by atoms with van der Waals surface area (Å²) in [5.74, 6) is -0.107. The van der Waals surface area contributed by atoms with Gasteiger partial charge in [0.2, 0.25) is 0 Å². The topological polar surface area (TPSA) is 66.3 Å². The number of aromatic nitrogens is 2. The molecule has 2 heterocycles. The lowest BCUT2D eigenvalue weighted by molar-refractivity contribution is -0.138. The van der Waals surface area contributed by atoms with Gasteiger partial charge in [0, 0.05) is 18.9 Å². The zero-order valence-corrected chi connectivity index (χ0v) is 9.04. The number of hydrogen-bond donors (Lipinski definition) is 1. The summed E-state index contributed by atoms with van der Waals surface area (Å²) in [6.45, 7) is 0.746. The molecule has 0 amide bonds. The van der Waals surface area contributed by atoms with Gasteiger partial charge in [-0.1, -0.05) is 12.8 Å². The van der Waals surface area contributed by atoms with Crippen LogP contribution in [0.4, 0.5) is 5.82 Å². The maximum Gasteiger partial charge on any atom is 0.326 e. The standard InChI is InChI=1S/C11H15N3O2/c15-11(16)9-4-2-1-3-7-14(9)10-8-12-5-6-13-10/h5-6,8-9H,1-4,7H2,(H,15,16). The summed E-state index contributed by atoms with van der Waals surface area (Å²) < 4.78 is 0. The highest BCUT2D eigenvalue weighted by Gasteiger charge is 2.27. The van der Waals surface area contributed by atoms with E-state index < -0.39 is 12.0 Å². The highest BCUT2D eigenvalue weighted by molar-refractivity contribution is 5.77. The molecule has 1 aliphatic heterocycles. The third kappa shape index (κ3) is 2.29. The Morgan fingerprint density at radius 3 is 2.94 bits per heavy atom. The van der Waals surface area contributed by atoms with Crippen LogP contribution < -0.4 is 4.90 Å². The first-order valence-corrected chi connectivity index (χ1v) is 5.54. The number of hydrogen-bond acceptors (Lipinski definition) is 4. The fraction of sp³-hybridized carbons (Fsp3) is 0.545. The molecule has 1 aromatic heterocycles. The van der Waals surface area contributed by atoms with Crippen molar-refractivity contribution in [3.05, 3.63) is 18.6 Å². The molecule has 1 aromatic rings. The SMILES string of the molecule is O=C(O)C1CCCCCN1c1cnccn1. The highest BCUT2D eigenvalue weighted by atomic mass is 16.4. The van der Waals surface area contributed by atoms with Crippen LogP contribution in [0.3, 0.4) is 0 Å². The third-order valence-electron chi connectivity index (χ3n) is 2.88. The molecule has 1 atom stereocenters. The Hall–Kier alpha value is -1.65. The molecule has 1 N–H and O–H groups in total. The molecule has 1 aliphatic rings. The predicted molar refractivity (Wildman–Crippen MR) is 59.3 cm³/mol. The number of carbonyl (C=O) groups is 1. The molecule has 86 valence electrons. The van der Waals surface area contributed by atoms with E-state index in [4.69, 9.17) is 0 Å². The van der Waals surface area contributed by atoms with E-state index in [0.717, 1.165) is 25.8 Å². The van der Waals surface area contributed by atoms with Crippen LogP contribution >= 0.6 is 0 Å². The van der Waals surface area contributed by atoms with Crippen LogP contribution in [0.2, 0.25) is 0 Å². The molecule has 16 heavy (non-hydrogen) atoms. The minimum atomic E-state index is -0.771. The molecule has 1 unspecified atom stereocenters. The molecule has 0 saturated carbocycles. The van der Waals surface area contributed by atoms with Gasteiger partial charge in [-0.25, -0.2) is 9.78 Å². The number of aliphatic carboxylic acids is 1. The first kappa shape index (κ1) is 10.9. The zero-order chi connectivity index (χ0) is 11.4. The van der Waals surface area contributed by atoms with Crippen molar-refractivity contribution in [3.63, 3.8) is 0 Å². The van der Waals surface area contributed by atoms with E-state index in [2.05, 4.69) is 9.97 Å². The molecular formula is C11H15N3O2. The zero-order valence-electron chi connectivity index (χ0n) is 9.04. The van der Waals surface area contributed by atoms with Gasteiger partial charge in [0.1, 0.15) is 11.9 Å². The Bertz CT molecular complexity index is 356. The molecule has 0 aliphatic carbocycles. The van der Waals surface area contributed by atoms with E-state index in [1.807, 2.05) is 4.90 Å². The lowest BCUT2D eigenvalue weighted by Crippen LogP contribution is -2.41. The second-order valence-electron chi connectivity index (χ2n) is 3.96. The fourth-order valence-corrected chi connectivity index (χ4v) is 2.08. The summed E-state index contributed by atoms with van der Waals surface area (Å²) in [4.78, 5) is 21.2. The Balaban J connectivity index is 2.24. The van der Waals surface area contributed by atoms with Gasteiger partial charge in [-0.05, 0) is 12.8 Å². The largest absolute Gasteiger partial charge is 0.480 e. The van der Waals surface area contributed by atoms with E-state index in [0.29, 0.717) is 12.2 Å². The van der Waals surface area contributed by atoms with Gasteiger partial charge in [-0.15, -0.1) is 0 Å². The number of carboxylic acid groups (broad SMARTS) is 1. The van der Waals surface area contributed by atoms with E-state index in [9.17, 15) is 9.90 Å². The first-order valence-electron chi connectivity index (χ1n) is 5.54. The minimum Gasteiger partial charge on any atom is -0.480 e. The van der Waals surface area contributed by atoms with E-state index >= 15 is 0 Å². The summed E-state index contributed by atoms with van der Waals surface area (Å²) in [6.07, 6.45) is 8.57. The van der Waals surface area contributed by atoms with Gasteiger partial charge in [0.15, 0.2) is 0 Å². The van der Waals surface area contributed by atoms with Crippen molar-refractivity contribution in [2.75, 3.05) is 11.4 Å². The second kappa shape index (κ2) is 4.92. The lowest BCUT2D eigenvalue weighted by atomic mass is 10.1. The maximum absolute atomic E-state index is 11.2. The van der Waals surface area contributed by atoms with Crippen molar-refractivity contribution in [1.29, 1.82) is 0 Å². The third-order valence-corrected chi connectivity index (χ3v) is 2.88. The number of rotatable bonds is 2. The summed E-state index contributed by atoms with van der Waals surface area (Å²) in [5.41, 5.74) is 0. The van der Waals surface area contributed by atoms with Gasteiger partial charge in [0.05, 0.1) is 6.20 Å². The summed E-state index contributed by atoms with van der Waals surface area (Å²) in [5, 5.41) is 9.21. The number of nitrogens with zero attached hydrogens (tertiary/aromatic N) is 3. The summed E-state index contributed by atoms with van der Waals surface area (Å²) in [7, 11) is 0. The Labute approximate surface area is 94.1 Å². The van der Waals surface area contributed by atoms with Crippen LogP contribution in [0, 0.1) is 0 Å². The van der Waals surface area contributed by atoms with Crippen LogP contribution in [0.15, 0.2) is 18.6 Å². The Morgan fingerprint density at radius 1 is 1.38 bits per heavy atom. The minimum absolute atomic E-state index is 0.459. The molecule has 0 aromatic carbocycles. The van der Waals surface area contributed by atoms with Crippen LogP contribution in [-0.4, -0.2) is 33.6 Å². The first-order chi connectivity index (χ1) is 7.79. The van der Waals surface area contributed by atoms with Crippen LogP contribution in [0.25, 0.3) is 0 Å². The monoisotopic (exact) mass is 221 g/mol. The van der Waals surface area contributed by atoms with Gasteiger partial charge in [0.25, 0.3) is 0 Å². The van der Waals surface area contributed by atoms with Gasteiger partial charge < -0.3 is 10.0 Å². The van der Waals surface area contributed by atoms with Crippen molar-refractivity contribution in [3.8, 4) is 0 Å². The van der Waals surface area contributed by atoms with Crippen LogP contribution in [0.1, 0.15) is 25.7 Å².